The van der Waals surface area contributed by atoms with Crippen LogP contribution in [0.4, 0.5) is 0 Å². The van der Waals surface area contributed by atoms with Crippen LogP contribution in [0.25, 0.3) is 10.8 Å². The van der Waals surface area contributed by atoms with Crippen molar-refractivity contribution in [1.82, 2.24) is 0 Å². The number of ether oxygens (including phenoxy) is 2. The number of carbonyl (C=O) groups is 1. The Morgan fingerprint density at radius 1 is 0.871 bits per heavy atom. The minimum absolute atomic E-state index is 0.141. The van der Waals surface area contributed by atoms with Crippen LogP contribution in [0.2, 0.25) is 0 Å². The van der Waals surface area contributed by atoms with Crippen molar-refractivity contribution in [3.63, 3.8) is 0 Å². The van der Waals surface area contributed by atoms with Crippen LogP contribution in [0.15, 0.2) is 66.7 Å². The van der Waals surface area contributed by atoms with Crippen molar-refractivity contribution < 1.29 is 14.3 Å². The van der Waals surface area contributed by atoms with Crippen molar-refractivity contribution in [3.8, 4) is 11.5 Å². The molecule has 2 aliphatic rings. The van der Waals surface area contributed by atoms with E-state index in [-0.39, 0.29) is 16.1 Å². The number of fused-ring (bicyclic) bond motifs is 1. The topological polar surface area (TPSA) is 35.5 Å². The second kappa shape index (κ2) is 9.46. The first kappa shape index (κ1) is 20.6. The summed E-state index contributed by atoms with van der Waals surface area (Å²) in [6.07, 6.45) is 4.93. The van der Waals surface area contributed by atoms with Crippen LogP contribution in [0.5, 0.6) is 11.5 Å². The minimum Gasteiger partial charge on any atom is -0.457 e. The molecule has 1 heterocycles. The first-order valence-electron chi connectivity index (χ1n) is 11.3. The first-order valence-corrected chi connectivity index (χ1v) is 13.0. The molecule has 0 amide bonds. The number of Topliss-reactive ketones (excluding diaryl/α,β-unsaturated/α-hetero) is 1. The molecule has 31 heavy (non-hydrogen) atoms. The van der Waals surface area contributed by atoms with E-state index in [1.165, 1.54) is 31.1 Å². The molecule has 0 radical (unpaired) electrons. The molecule has 2 fully saturated rings. The summed E-state index contributed by atoms with van der Waals surface area (Å²) in [6, 6.07) is 22.1. The van der Waals surface area contributed by atoms with Gasteiger partial charge in [0.1, 0.15) is 23.0 Å². The van der Waals surface area contributed by atoms with Crippen molar-refractivity contribution in [1.29, 1.82) is 0 Å². The molecule has 1 unspecified atom stereocenters. The third-order valence-corrected chi connectivity index (χ3v) is 9.22. The molecule has 0 N–H and O–H groups in total. The molecular weight excluding hydrogens is 404 g/mol. The zero-order valence-corrected chi connectivity index (χ0v) is 18.6. The number of carbonyl (C=O) groups excluding carboxylic acids is 1. The summed E-state index contributed by atoms with van der Waals surface area (Å²) >= 11 is 0. The summed E-state index contributed by atoms with van der Waals surface area (Å²) < 4.78 is 11.6. The molecule has 3 aromatic carbocycles. The lowest BCUT2D eigenvalue weighted by molar-refractivity contribution is 0.0967. The minimum atomic E-state index is 0.141. The van der Waals surface area contributed by atoms with E-state index in [4.69, 9.17) is 9.47 Å². The van der Waals surface area contributed by atoms with Gasteiger partial charge in [-0.25, -0.2) is 0 Å². The SMILES string of the molecule is O=C(c1ccc(Oc2ccc3ccccc3c2)cc1)C(C1CCCC1)[S+]1CCOCC1. The number of rotatable bonds is 6. The summed E-state index contributed by atoms with van der Waals surface area (Å²) in [5.74, 6) is 4.52. The van der Waals surface area contributed by atoms with Gasteiger partial charge in [0, 0.05) is 22.4 Å². The molecule has 3 nitrogen and oxygen atoms in total. The average molecular weight is 434 g/mol. The quantitative estimate of drug-likeness (QED) is 0.352. The molecule has 1 aliphatic carbocycles. The highest BCUT2D eigenvalue weighted by atomic mass is 32.2. The smallest absolute Gasteiger partial charge is 0.215 e. The van der Waals surface area contributed by atoms with Gasteiger partial charge in [0.15, 0.2) is 5.25 Å². The summed E-state index contributed by atoms with van der Waals surface area (Å²) in [7, 11) is 0.141. The number of ketones is 1. The van der Waals surface area contributed by atoms with Gasteiger partial charge in [0.05, 0.1) is 13.2 Å². The van der Waals surface area contributed by atoms with E-state index in [1.54, 1.807) is 0 Å². The zero-order valence-electron chi connectivity index (χ0n) is 17.8. The van der Waals surface area contributed by atoms with E-state index in [1.807, 2.05) is 42.5 Å². The Balaban J connectivity index is 1.33. The van der Waals surface area contributed by atoms with E-state index < -0.39 is 0 Å². The summed E-state index contributed by atoms with van der Waals surface area (Å²) in [4.78, 5) is 13.6. The van der Waals surface area contributed by atoms with E-state index >= 15 is 0 Å². The summed E-state index contributed by atoms with van der Waals surface area (Å²) in [6.45, 7) is 1.61. The van der Waals surface area contributed by atoms with Crippen molar-refractivity contribution in [2.24, 2.45) is 5.92 Å². The predicted molar refractivity (Wildman–Crippen MR) is 128 cm³/mol. The van der Waals surface area contributed by atoms with Crippen LogP contribution in [-0.4, -0.2) is 35.8 Å². The summed E-state index contributed by atoms with van der Waals surface area (Å²) in [5, 5.41) is 2.52. The molecule has 0 bridgehead atoms. The Labute approximate surface area is 187 Å². The maximum atomic E-state index is 13.6. The third kappa shape index (κ3) is 4.65. The first-order chi connectivity index (χ1) is 15.3. The molecule has 160 valence electrons. The Hall–Kier alpha value is -2.30. The van der Waals surface area contributed by atoms with Gasteiger partial charge in [0.2, 0.25) is 5.78 Å². The number of benzene rings is 3. The van der Waals surface area contributed by atoms with Gasteiger partial charge in [-0.15, -0.1) is 0 Å². The van der Waals surface area contributed by atoms with Gasteiger partial charge < -0.3 is 9.47 Å². The molecule has 1 saturated carbocycles. The molecule has 0 spiro atoms. The fourth-order valence-electron chi connectivity index (χ4n) is 4.91. The fourth-order valence-corrected chi connectivity index (χ4v) is 7.54. The van der Waals surface area contributed by atoms with Crippen molar-refractivity contribution in [3.05, 3.63) is 72.3 Å². The van der Waals surface area contributed by atoms with Gasteiger partial charge in [-0.05, 0) is 60.0 Å². The largest absolute Gasteiger partial charge is 0.457 e. The average Bonchev–Trinajstić information content (AvgIpc) is 3.35. The molecule has 4 heteroatoms. The van der Waals surface area contributed by atoms with Crippen molar-refractivity contribution >= 4 is 27.5 Å². The zero-order chi connectivity index (χ0) is 21.0. The second-order valence-corrected chi connectivity index (χ2v) is 10.9. The highest BCUT2D eigenvalue weighted by Crippen LogP contribution is 2.35. The molecule has 5 rings (SSSR count). The molecule has 1 saturated heterocycles. The van der Waals surface area contributed by atoms with Crippen molar-refractivity contribution in [2.45, 2.75) is 30.9 Å². The standard InChI is InChI=1S/C27H29O3S/c28-26(27(22-6-2-3-7-22)31-17-15-29-16-18-31)21-10-12-24(13-11-21)30-25-14-9-20-5-1-4-8-23(20)19-25/h1,4-5,8-14,19,22,27H,2-3,6-7,15-18H2/q+1. The van der Waals surface area contributed by atoms with Crippen LogP contribution < -0.4 is 4.74 Å². The van der Waals surface area contributed by atoms with Gasteiger partial charge in [0.25, 0.3) is 0 Å². The Bertz CT molecular complexity index is 1030. The van der Waals surface area contributed by atoms with Crippen LogP contribution in [0, 0.1) is 5.92 Å². The van der Waals surface area contributed by atoms with E-state index in [0.717, 1.165) is 47.2 Å². The maximum absolute atomic E-state index is 13.6. The lowest BCUT2D eigenvalue weighted by Crippen LogP contribution is -2.43. The Morgan fingerprint density at radius 3 is 2.29 bits per heavy atom. The maximum Gasteiger partial charge on any atom is 0.215 e. The van der Waals surface area contributed by atoms with E-state index in [2.05, 4.69) is 24.3 Å². The Morgan fingerprint density at radius 2 is 1.55 bits per heavy atom. The number of hydrogen-bond donors (Lipinski definition) is 0. The fraction of sp³-hybridized carbons (Fsp3) is 0.370. The van der Waals surface area contributed by atoms with Crippen LogP contribution in [0.1, 0.15) is 36.0 Å². The lowest BCUT2D eigenvalue weighted by Gasteiger charge is -2.26. The highest BCUT2D eigenvalue weighted by molar-refractivity contribution is 7.98. The molecule has 0 aromatic heterocycles. The van der Waals surface area contributed by atoms with Gasteiger partial charge in [-0.2, -0.15) is 0 Å². The van der Waals surface area contributed by atoms with Crippen molar-refractivity contribution in [2.75, 3.05) is 24.7 Å². The monoisotopic (exact) mass is 433 g/mol. The molecule has 1 aliphatic heterocycles. The van der Waals surface area contributed by atoms with E-state index in [9.17, 15) is 4.79 Å². The third-order valence-electron chi connectivity index (χ3n) is 6.52. The lowest BCUT2D eigenvalue weighted by atomic mass is 9.96. The second-order valence-electron chi connectivity index (χ2n) is 8.52. The van der Waals surface area contributed by atoms with Gasteiger partial charge in [-0.3, -0.25) is 4.79 Å². The molecular formula is C27H29O3S+. The van der Waals surface area contributed by atoms with Gasteiger partial charge >= 0.3 is 0 Å². The Kier molecular flexibility index (Phi) is 6.28. The van der Waals surface area contributed by atoms with Gasteiger partial charge in [-0.1, -0.05) is 43.2 Å². The summed E-state index contributed by atoms with van der Waals surface area (Å²) in [5.41, 5.74) is 0.821. The normalized spacial score (nSPS) is 18.8. The number of hydrogen-bond acceptors (Lipinski definition) is 3. The van der Waals surface area contributed by atoms with E-state index in [0.29, 0.717) is 11.7 Å². The molecule has 1 atom stereocenters. The van der Waals surface area contributed by atoms with Crippen LogP contribution >= 0.6 is 0 Å². The van der Waals surface area contributed by atoms with Crippen LogP contribution in [-0.2, 0) is 15.6 Å². The molecule has 3 aromatic rings. The predicted octanol–water partition coefficient (Wildman–Crippen LogP) is 6.02. The van der Waals surface area contributed by atoms with Crippen LogP contribution in [0.3, 0.4) is 0 Å². The highest BCUT2D eigenvalue weighted by Gasteiger charge is 2.44.